The van der Waals surface area contributed by atoms with E-state index in [0.717, 1.165) is 30.7 Å². The topological polar surface area (TPSA) is 92.5 Å². The van der Waals surface area contributed by atoms with E-state index in [1.807, 2.05) is 6.07 Å². The van der Waals surface area contributed by atoms with Crippen LogP contribution in [-0.2, 0) is 16.1 Å². The number of hydrogen-bond acceptors (Lipinski definition) is 4. The Bertz CT molecular complexity index is 851. The Morgan fingerprint density at radius 3 is 2.78 bits per heavy atom. The van der Waals surface area contributed by atoms with Gasteiger partial charge in [-0.25, -0.2) is 0 Å². The summed E-state index contributed by atoms with van der Waals surface area (Å²) >= 11 is 0. The summed E-state index contributed by atoms with van der Waals surface area (Å²) in [6.45, 7) is 0.443. The predicted octanol–water partition coefficient (Wildman–Crippen LogP) is 1.82. The van der Waals surface area contributed by atoms with Crippen LogP contribution in [0.1, 0.15) is 72.3 Å². The zero-order valence-electron chi connectivity index (χ0n) is 15.4. The molecule has 3 fully saturated rings. The van der Waals surface area contributed by atoms with Crippen LogP contribution in [0.5, 0.6) is 0 Å². The number of benzene rings is 1. The molecule has 0 aromatic heterocycles. The number of piperidine rings is 1. The maximum absolute atomic E-state index is 12.8. The maximum Gasteiger partial charge on any atom is 0.255 e. The van der Waals surface area contributed by atoms with Crippen molar-refractivity contribution < 1.29 is 14.4 Å². The fourth-order valence-electron chi connectivity index (χ4n) is 5.74. The normalized spacial score (nSPS) is 35.4. The summed E-state index contributed by atoms with van der Waals surface area (Å²) in [7, 11) is 0. The van der Waals surface area contributed by atoms with E-state index in [1.165, 1.54) is 18.4 Å². The molecule has 2 aliphatic carbocycles. The van der Waals surface area contributed by atoms with Crippen LogP contribution in [0.25, 0.3) is 0 Å². The third kappa shape index (κ3) is 2.78. The van der Waals surface area contributed by atoms with E-state index in [-0.39, 0.29) is 29.7 Å². The molecule has 6 nitrogen and oxygen atoms in total. The zero-order chi connectivity index (χ0) is 18.8. The van der Waals surface area contributed by atoms with Crippen molar-refractivity contribution in [2.45, 2.75) is 69.0 Å². The minimum absolute atomic E-state index is 0.0127. The first-order chi connectivity index (χ1) is 12.9. The van der Waals surface area contributed by atoms with Crippen molar-refractivity contribution in [3.05, 3.63) is 34.9 Å². The lowest BCUT2D eigenvalue weighted by molar-refractivity contribution is -0.136. The number of rotatable bonds is 2. The van der Waals surface area contributed by atoms with Crippen LogP contribution in [0.2, 0.25) is 0 Å². The number of nitrogens with two attached hydrogens (primary N) is 1. The van der Waals surface area contributed by atoms with Crippen molar-refractivity contribution in [2.75, 3.05) is 0 Å². The SMILES string of the molecule is N[C@]12CC[C@H](CC(c3ccc4c(c3)CN(C3CCC(=O)NC3=O)C4=O)C1)C2. The summed E-state index contributed by atoms with van der Waals surface area (Å²) in [6.07, 6.45) is 6.40. The molecule has 1 aromatic carbocycles. The highest BCUT2D eigenvalue weighted by Gasteiger charge is 2.44. The lowest BCUT2D eigenvalue weighted by Gasteiger charge is -2.35. The largest absolute Gasteiger partial charge is 0.325 e. The monoisotopic (exact) mass is 367 g/mol. The molecule has 5 rings (SSSR count). The van der Waals surface area contributed by atoms with Crippen LogP contribution in [0.15, 0.2) is 18.2 Å². The van der Waals surface area contributed by atoms with Crippen LogP contribution in [0.3, 0.4) is 0 Å². The molecule has 2 bridgehead atoms. The van der Waals surface area contributed by atoms with Crippen molar-refractivity contribution in [1.82, 2.24) is 10.2 Å². The van der Waals surface area contributed by atoms with Gasteiger partial charge in [0.05, 0.1) is 0 Å². The average molecular weight is 367 g/mol. The quantitative estimate of drug-likeness (QED) is 0.780. The van der Waals surface area contributed by atoms with Crippen LogP contribution in [-0.4, -0.2) is 34.2 Å². The maximum atomic E-state index is 12.8. The molecule has 1 saturated heterocycles. The zero-order valence-corrected chi connectivity index (χ0v) is 15.4. The van der Waals surface area contributed by atoms with Gasteiger partial charge in [0.1, 0.15) is 6.04 Å². The summed E-state index contributed by atoms with van der Waals surface area (Å²) in [5, 5.41) is 2.35. The number of hydrogen-bond donors (Lipinski definition) is 2. The number of carbonyl (C=O) groups excluding carboxylic acids is 3. The molecule has 4 aliphatic rings. The smallest absolute Gasteiger partial charge is 0.255 e. The standard InChI is InChI=1S/C21H25N3O3/c22-21-6-5-12(9-21)7-14(10-21)13-1-2-16-15(8-13)11-24(20(16)27)17-3-4-18(25)23-19(17)26/h1-2,8,12,14,17H,3-7,9-11,22H2,(H,23,25,26)/t12-,14?,17?,21+/m1/s1. The van der Waals surface area contributed by atoms with Gasteiger partial charge in [-0.2, -0.15) is 0 Å². The summed E-state index contributed by atoms with van der Waals surface area (Å²) < 4.78 is 0. The molecular formula is C21H25N3O3. The Morgan fingerprint density at radius 1 is 1.15 bits per heavy atom. The fraction of sp³-hybridized carbons (Fsp3) is 0.571. The van der Waals surface area contributed by atoms with Gasteiger partial charge in [0.2, 0.25) is 11.8 Å². The Labute approximate surface area is 158 Å². The minimum Gasteiger partial charge on any atom is -0.325 e. The molecule has 2 unspecified atom stereocenters. The molecule has 1 aromatic rings. The van der Waals surface area contributed by atoms with E-state index in [9.17, 15) is 14.4 Å². The highest BCUT2D eigenvalue weighted by Crippen LogP contribution is 2.49. The molecule has 142 valence electrons. The van der Waals surface area contributed by atoms with Gasteiger partial charge in [-0.1, -0.05) is 12.1 Å². The van der Waals surface area contributed by atoms with Gasteiger partial charge in [0.25, 0.3) is 5.91 Å². The number of nitrogens with one attached hydrogen (secondary N) is 1. The van der Waals surface area contributed by atoms with Crippen molar-refractivity contribution in [3.63, 3.8) is 0 Å². The van der Waals surface area contributed by atoms with Gasteiger partial charge in [-0.15, -0.1) is 0 Å². The average Bonchev–Trinajstić information content (AvgIpc) is 3.10. The van der Waals surface area contributed by atoms with Gasteiger partial charge in [0, 0.05) is 24.1 Å². The molecule has 3 amide bonds. The highest BCUT2D eigenvalue weighted by atomic mass is 16.2. The van der Waals surface area contributed by atoms with Crippen LogP contribution in [0.4, 0.5) is 0 Å². The Hall–Kier alpha value is -2.21. The van der Waals surface area contributed by atoms with Gasteiger partial charge < -0.3 is 10.6 Å². The lowest BCUT2D eigenvalue weighted by Crippen LogP contribution is -2.52. The molecule has 4 atom stereocenters. The highest BCUT2D eigenvalue weighted by molar-refractivity contribution is 6.05. The second kappa shape index (κ2) is 5.89. The fourth-order valence-corrected chi connectivity index (χ4v) is 5.74. The van der Waals surface area contributed by atoms with Crippen molar-refractivity contribution in [1.29, 1.82) is 0 Å². The first kappa shape index (κ1) is 16.9. The molecule has 0 radical (unpaired) electrons. The first-order valence-electron chi connectivity index (χ1n) is 9.98. The van der Waals surface area contributed by atoms with E-state index in [0.29, 0.717) is 24.4 Å². The number of amides is 3. The lowest BCUT2D eigenvalue weighted by atomic mass is 9.74. The predicted molar refractivity (Wildman–Crippen MR) is 98.7 cm³/mol. The molecule has 2 saturated carbocycles. The molecule has 2 heterocycles. The van der Waals surface area contributed by atoms with E-state index < -0.39 is 6.04 Å². The Morgan fingerprint density at radius 2 is 2.00 bits per heavy atom. The summed E-state index contributed by atoms with van der Waals surface area (Å²) in [6, 6.07) is 5.59. The summed E-state index contributed by atoms with van der Waals surface area (Å²) in [5.74, 6) is 0.460. The van der Waals surface area contributed by atoms with Crippen LogP contribution in [0, 0.1) is 5.92 Å². The molecule has 6 heteroatoms. The number of carbonyl (C=O) groups is 3. The molecule has 27 heavy (non-hydrogen) atoms. The third-order valence-corrected chi connectivity index (χ3v) is 7.04. The number of imide groups is 1. The second-order valence-electron chi connectivity index (χ2n) is 8.92. The number of fused-ring (bicyclic) bond motifs is 3. The van der Waals surface area contributed by atoms with Crippen molar-refractivity contribution in [3.8, 4) is 0 Å². The van der Waals surface area contributed by atoms with Crippen molar-refractivity contribution in [2.24, 2.45) is 11.7 Å². The Balaban J connectivity index is 1.38. The van der Waals surface area contributed by atoms with E-state index in [4.69, 9.17) is 5.73 Å². The Kier molecular flexibility index (Phi) is 3.69. The van der Waals surface area contributed by atoms with Gasteiger partial charge >= 0.3 is 0 Å². The van der Waals surface area contributed by atoms with Crippen LogP contribution < -0.4 is 11.1 Å². The van der Waals surface area contributed by atoms with Crippen molar-refractivity contribution >= 4 is 17.7 Å². The molecule has 0 spiro atoms. The van der Waals surface area contributed by atoms with E-state index >= 15 is 0 Å². The molecule has 2 aliphatic heterocycles. The first-order valence-corrected chi connectivity index (χ1v) is 9.98. The number of nitrogens with zero attached hydrogens (tertiary/aromatic N) is 1. The van der Waals surface area contributed by atoms with Gasteiger partial charge in [-0.05, 0) is 67.6 Å². The second-order valence-corrected chi connectivity index (χ2v) is 8.92. The third-order valence-electron chi connectivity index (χ3n) is 7.04. The minimum atomic E-state index is -0.552. The summed E-state index contributed by atoms with van der Waals surface area (Å²) in [5.41, 5.74) is 9.51. The molecular weight excluding hydrogens is 342 g/mol. The van der Waals surface area contributed by atoms with E-state index in [2.05, 4.69) is 17.4 Å². The molecule has 3 N–H and O–H groups in total. The van der Waals surface area contributed by atoms with E-state index in [1.54, 1.807) is 4.90 Å². The van der Waals surface area contributed by atoms with Gasteiger partial charge in [-0.3, -0.25) is 19.7 Å². The van der Waals surface area contributed by atoms with Gasteiger partial charge in [0.15, 0.2) is 0 Å². The summed E-state index contributed by atoms with van der Waals surface area (Å²) in [4.78, 5) is 38.0. The van der Waals surface area contributed by atoms with Crippen LogP contribution >= 0.6 is 0 Å².